The Morgan fingerprint density at radius 3 is 2.26 bits per heavy atom. The molecule has 0 saturated heterocycles. The molecule has 0 spiro atoms. The molecule has 0 N–H and O–H groups in total. The summed E-state index contributed by atoms with van der Waals surface area (Å²) in [6.07, 6.45) is 0. The first-order valence-electron chi connectivity index (χ1n) is 11.5. The van der Waals surface area contributed by atoms with Crippen molar-refractivity contribution in [2.45, 2.75) is 0 Å². The second-order valence-corrected chi connectivity index (χ2v) is 8.92. The summed E-state index contributed by atoms with van der Waals surface area (Å²) in [6, 6.07) is 38.3. The molecule has 2 heteroatoms. The highest BCUT2D eigenvalue weighted by Crippen LogP contribution is 2.49. The highest BCUT2D eigenvalue weighted by molar-refractivity contribution is 6.19. The molecule has 1 aliphatic heterocycles. The van der Waals surface area contributed by atoms with Gasteiger partial charge in [-0.25, -0.2) is 0 Å². The predicted octanol–water partition coefficient (Wildman–Crippen LogP) is 9.33. The van der Waals surface area contributed by atoms with Crippen molar-refractivity contribution in [2.75, 3.05) is 0 Å². The van der Waals surface area contributed by atoms with Crippen LogP contribution in [0, 0.1) is 0 Å². The van der Waals surface area contributed by atoms with Gasteiger partial charge < -0.3 is 9.15 Å². The van der Waals surface area contributed by atoms with Crippen molar-refractivity contribution in [1.82, 2.24) is 0 Å². The number of benzene rings is 6. The van der Waals surface area contributed by atoms with Gasteiger partial charge in [0, 0.05) is 27.1 Å². The second-order valence-electron chi connectivity index (χ2n) is 8.92. The Morgan fingerprint density at radius 1 is 0.471 bits per heavy atom. The van der Waals surface area contributed by atoms with Gasteiger partial charge in [-0.15, -0.1) is 0 Å². The number of hydrogen-bond acceptors (Lipinski definition) is 2. The summed E-state index contributed by atoms with van der Waals surface area (Å²) in [5, 5.41) is 6.98. The van der Waals surface area contributed by atoms with Crippen LogP contribution in [0.1, 0.15) is 0 Å². The number of fused-ring (bicyclic) bond motifs is 7. The van der Waals surface area contributed by atoms with E-state index in [0.29, 0.717) is 0 Å². The molecule has 1 aromatic heterocycles. The zero-order chi connectivity index (χ0) is 22.2. The van der Waals surface area contributed by atoms with Gasteiger partial charge in [-0.3, -0.25) is 0 Å². The van der Waals surface area contributed by atoms with Gasteiger partial charge in [-0.2, -0.15) is 0 Å². The number of para-hydroxylation sites is 1. The molecule has 2 nitrogen and oxygen atoms in total. The third kappa shape index (κ3) is 2.35. The Hall–Kier alpha value is -4.56. The third-order valence-electron chi connectivity index (χ3n) is 7.03. The van der Waals surface area contributed by atoms with Crippen LogP contribution in [0.2, 0.25) is 0 Å². The molecule has 0 saturated carbocycles. The van der Waals surface area contributed by atoms with E-state index in [-0.39, 0.29) is 0 Å². The Bertz CT molecular complexity index is 1940. The summed E-state index contributed by atoms with van der Waals surface area (Å²) >= 11 is 0. The van der Waals surface area contributed by atoms with E-state index in [1.165, 1.54) is 32.8 Å². The fourth-order valence-electron chi connectivity index (χ4n) is 5.54. The van der Waals surface area contributed by atoms with Crippen LogP contribution in [-0.2, 0) is 0 Å². The van der Waals surface area contributed by atoms with Crippen LogP contribution in [0.15, 0.2) is 114 Å². The lowest BCUT2D eigenvalue weighted by atomic mass is 9.89. The summed E-state index contributed by atoms with van der Waals surface area (Å²) in [4.78, 5) is 0. The molecule has 34 heavy (non-hydrogen) atoms. The number of ether oxygens (including phenoxy) is 1. The van der Waals surface area contributed by atoms with Gasteiger partial charge in [0.1, 0.15) is 22.7 Å². The maximum atomic E-state index is 6.44. The fraction of sp³-hybridized carbons (Fsp3) is 0. The molecule has 0 atom stereocenters. The second kappa shape index (κ2) is 6.49. The van der Waals surface area contributed by atoms with Gasteiger partial charge in [0.15, 0.2) is 0 Å². The van der Waals surface area contributed by atoms with Crippen molar-refractivity contribution >= 4 is 43.5 Å². The maximum Gasteiger partial charge on any atom is 0.143 e. The molecule has 7 aromatic rings. The predicted molar refractivity (Wildman–Crippen MR) is 140 cm³/mol. The van der Waals surface area contributed by atoms with Crippen molar-refractivity contribution in [3.8, 4) is 33.8 Å². The Morgan fingerprint density at radius 2 is 1.26 bits per heavy atom. The largest absolute Gasteiger partial charge is 0.456 e. The van der Waals surface area contributed by atoms with Gasteiger partial charge in [0.05, 0.1) is 0 Å². The van der Waals surface area contributed by atoms with E-state index in [4.69, 9.17) is 9.15 Å². The Kier molecular flexibility index (Phi) is 3.42. The lowest BCUT2D eigenvalue weighted by Gasteiger charge is -2.22. The van der Waals surface area contributed by atoms with Gasteiger partial charge in [-0.1, -0.05) is 72.8 Å². The summed E-state index contributed by atoms with van der Waals surface area (Å²) in [7, 11) is 0. The van der Waals surface area contributed by atoms with Gasteiger partial charge in [0.2, 0.25) is 0 Å². The minimum absolute atomic E-state index is 0.901. The number of furan rings is 1. The average Bonchev–Trinajstić information content (AvgIpc) is 3.28. The van der Waals surface area contributed by atoms with E-state index in [1.807, 2.05) is 12.1 Å². The lowest BCUT2D eigenvalue weighted by Crippen LogP contribution is -1.97. The van der Waals surface area contributed by atoms with E-state index in [2.05, 4.69) is 97.1 Å². The normalized spacial score (nSPS) is 12.4. The fourth-order valence-corrected chi connectivity index (χ4v) is 5.54. The number of hydrogen-bond donors (Lipinski definition) is 0. The standard InChI is InChI=1S/C32H18O2/c1-2-9-23-19(7-1)15-16-25-31-22(11-6-14-29(31)34-32(23)25)21-17-20-8-5-13-28-30(20)26(18-21)24-10-3-4-12-27(24)33-28/h1-18H. The first kappa shape index (κ1) is 17.9. The SMILES string of the molecule is c1ccc2c(c1)Oc1cccc3cc(-c4cccc5oc6c7ccccc7ccc6c45)cc-2c13. The zero-order valence-electron chi connectivity index (χ0n) is 18.2. The highest BCUT2D eigenvalue weighted by atomic mass is 16.5. The molecule has 0 radical (unpaired) electrons. The highest BCUT2D eigenvalue weighted by Gasteiger charge is 2.22. The van der Waals surface area contributed by atoms with Crippen LogP contribution in [-0.4, -0.2) is 0 Å². The Balaban J connectivity index is 1.48. The number of rotatable bonds is 1. The summed E-state index contributed by atoms with van der Waals surface area (Å²) in [6.45, 7) is 0. The molecular formula is C32H18O2. The topological polar surface area (TPSA) is 22.4 Å². The molecule has 6 aromatic carbocycles. The summed E-state index contributed by atoms with van der Waals surface area (Å²) in [5.74, 6) is 1.81. The van der Waals surface area contributed by atoms with E-state index >= 15 is 0 Å². The van der Waals surface area contributed by atoms with Crippen molar-refractivity contribution < 1.29 is 9.15 Å². The monoisotopic (exact) mass is 434 g/mol. The van der Waals surface area contributed by atoms with Crippen LogP contribution in [0.3, 0.4) is 0 Å². The van der Waals surface area contributed by atoms with Crippen LogP contribution in [0.25, 0.3) is 65.7 Å². The average molecular weight is 434 g/mol. The van der Waals surface area contributed by atoms with Crippen molar-refractivity contribution in [2.24, 2.45) is 0 Å². The molecule has 2 heterocycles. The zero-order valence-corrected chi connectivity index (χ0v) is 18.2. The van der Waals surface area contributed by atoms with Crippen molar-refractivity contribution in [3.05, 3.63) is 109 Å². The first-order valence-corrected chi connectivity index (χ1v) is 11.5. The van der Waals surface area contributed by atoms with Crippen molar-refractivity contribution in [3.63, 3.8) is 0 Å². The minimum Gasteiger partial charge on any atom is -0.456 e. The molecule has 0 aliphatic carbocycles. The summed E-state index contributed by atoms with van der Waals surface area (Å²) in [5.41, 5.74) is 6.55. The first-order chi connectivity index (χ1) is 16.8. The summed E-state index contributed by atoms with van der Waals surface area (Å²) < 4.78 is 12.7. The molecule has 158 valence electrons. The third-order valence-corrected chi connectivity index (χ3v) is 7.03. The van der Waals surface area contributed by atoms with Gasteiger partial charge >= 0.3 is 0 Å². The molecule has 0 bridgehead atoms. The molecule has 0 unspecified atom stereocenters. The van der Waals surface area contributed by atoms with Gasteiger partial charge in [-0.05, 0) is 63.9 Å². The molecule has 1 aliphatic rings. The van der Waals surface area contributed by atoms with E-state index in [0.717, 1.165) is 44.4 Å². The van der Waals surface area contributed by atoms with E-state index in [9.17, 15) is 0 Å². The lowest BCUT2D eigenvalue weighted by molar-refractivity contribution is 0.487. The smallest absolute Gasteiger partial charge is 0.143 e. The minimum atomic E-state index is 0.901. The van der Waals surface area contributed by atoms with E-state index in [1.54, 1.807) is 0 Å². The quantitative estimate of drug-likeness (QED) is 0.257. The Labute approximate surface area is 195 Å². The van der Waals surface area contributed by atoms with Gasteiger partial charge in [0.25, 0.3) is 0 Å². The maximum absolute atomic E-state index is 6.44. The molecule has 8 rings (SSSR count). The van der Waals surface area contributed by atoms with Crippen molar-refractivity contribution in [1.29, 1.82) is 0 Å². The molecule has 0 fully saturated rings. The van der Waals surface area contributed by atoms with Crippen LogP contribution in [0.5, 0.6) is 11.5 Å². The molecular weight excluding hydrogens is 416 g/mol. The van der Waals surface area contributed by atoms with Crippen LogP contribution in [0.4, 0.5) is 0 Å². The van der Waals surface area contributed by atoms with Crippen LogP contribution < -0.4 is 4.74 Å². The molecule has 0 amide bonds. The van der Waals surface area contributed by atoms with E-state index < -0.39 is 0 Å². The van der Waals surface area contributed by atoms with Crippen LogP contribution >= 0.6 is 0 Å².